The molecule has 0 saturated heterocycles. The van der Waals surface area contributed by atoms with Crippen molar-refractivity contribution in [1.29, 1.82) is 0 Å². The minimum absolute atomic E-state index is 0.0906. The lowest BCUT2D eigenvalue weighted by molar-refractivity contribution is -0.163. The molecule has 0 spiro atoms. The van der Waals surface area contributed by atoms with Crippen LogP contribution in [0.15, 0.2) is 18.2 Å². The van der Waals surface area contributed by atoms with Gasteiger partial charge in [0.15, 0.2) is 0 Å². The molecular weight excluding hydrogens is 338 g/mol. The zero-order valence-electron chi connectivity index (χ0n) is 13.0. The molecule has 24 heavy (non-hydrogen) atoms. The monoisotopic (exact) mass is 354 g/mol. The standard InChI is InChI=1S/C16H16F6O2/c1-3-23-12-7-5-10(11-6-4-9(2)8-24-11)13(15(17,18)19)14(12)16(20,21)22/h5-7,9H,3-4,8H2,1-2H3. The molecule has 1 aromatic rings. The predicted molar refractivity (Wildman–Crippen MR) is 75.3 cm³/mol. The van der Waals surface area contributed by atoms with Crippen LogP contribution >= 0.6 is 0 Å². The number of alkyl halides is 6. The highest BCUT2D eigenvalue weighted by atomic mass is 19.4. The third-order valence-corrected chi connectivity index (χ3v) is 3.53. The van der Waals surface area contributed by atoms with E-state index in [9.17, 15) is 26.3 Å². The summed E-state index contributed by atoms with van der Waals surface area (Å²) in [4.78, 5) is 0. The summed E-state index contributed by atoms with van der Waals surface area (Å²) in [6.45, 7) is 3.20. The summed E-state index contributed by atoms with van der Waals surface area (Å²) in [7, 11) is 0. The van der Waals surface area contributed by atoms with Crippen LogP contribution in [0.3, 0.4) is 0 Å². The molecule has 8 heteroatoms. The van der Waals surface area contributed by atoms with Crippen molar-refractivity contribution < 1.29 is 35.8 Å². The first kappa shape index (κ1) is 18.5. The summed E-state index contributed by atoms with van der Waals surface area (Å²) in [6, 6.07) is 1.87. The van der Waals surface area contributed by atoms with E-state index in [1.54, 1.807) is 0 Å². The van der Waals surface area contributed by atoms with Gasteiger partial charge in [-0.15, -0.1) is 0 Å². The van der Waals surface area contributed by atoms with Gasteiger partial charge >= 0.3 is 12.4 Å². The molecule has 0 radical (unpaired) electrons. The molecule has 1 heterocycles. The van der Waals surface area contributed by atoms with Crippen LogP contribution in [0.4, 0.5) is 26.3 Å². The summed E-state index contributed by atoms with van der Waals surface area (Å²) < 4.78 is 90.4. The van der Waals surface area contributed by atoms with Gasteiger partial charge in [0.1, 0.15) is 17.1 Å². The van der Waals surface area contributed by atoms with E-state index in [4.69, 9.17) is 9.47 Å². The van der Waals surface area contributed by atoms with E-state index >= 15 is 0 Å². The fourth-order valence-corrected chi connectivity index (χ4v) is 2.50. The zero-order valence-corrected chi connectivity index (χ0v) is 13.0. The lowest BCUT2D eigenvalue weighted by Gasteiger charge is -2.25. The van der Waals surface area contributed by atoms with E-state index in [2.05, 4.69) is 0 Å². The second-order valence-electron chi connectivity index (χ2n) is 5.51. The number of ether oxygens (including phenoxy) is 2. The fraction of sp³-hybridized carbons (Fsp3) is 0.500. The van der Waals surface area contributed by atoms with Gasteiger partial charge in [-0.25, -0.2) is 0 Å². The lowest BCUT2D eigenvalue weighted by Crippen LogP contribution is -2.21. The third-order valence-electron chi connectivity index (χ3n) is 3.53. The highest BCUT2D eigenvalue weighted by Gasteiger charge is 2.48. The molecule has 1 atom stereocenters. The predicted octanol–water partition coefficient (Wildman–Crippen LogP) is 5.52. The van der Waals surface area contributed by atoms with Gasteiger partial charge in [-0.05, 0) is 37.5 Å². The first-order valence-corrected chi connectivity index (χ1v) is 7.33. The normalized spacial score (nSPS) is 18.8. The maximum Gasteiger partial charge on any atom is 0.420 e. The smallest absolute Gasteiger partial charge is 0.420 e. The Kier molecular flexibility index (Phi) is 5.05. The zero-order chi connectivity index (χ0) is 18.1. The topological polar surface area (TPSA) is 18.5 Å². The first-order valence-electron chi connectivity index (χ1n) is 7.33. The number of halogens is 6. The van der Waals surface area contributed by atoms with Gasteiger partial charge in [0.2, 0.25) is 0 Å². The molecule has 2 rings (SSSR count). The Morgan fingerprint density at radius 1 is 1.08 bits per heavy atom. The number of hydrogen-bond acceptors (Lipinski definition) is 2. The van der Waals surface area contributed by atoms with Crippen LogP contribution in [0.5, 0.6) is 5.75 Å². The molecule has 0 saturated carbocycles. The molecule has 1 aromatic carbocycles. The van der Waals surface area contributed by atoms with Crippen LogP contribution in [0, 0.1) is 5.92 Å². The Labute approximate surface area is 135 Å². The third kappa shape index (κ3) is 3.79. The number of hydrogen-bond donors (Lipinski definition) is 0. The van der Waals surface area contributed by atoms with Gasteiger partial charge < -0.3 is 9.47 Å². The van der Waals surface area contributed by atoms with Gasteiger partial charge in [0.25, 0.3) is 0 Å². The van der Waals surface area contributed by atoms with E-state index in [-0.39, 0.29) is 24.9 Å². The summed E-state index contributed by atoms with van der Waals surface area (Å²) in [5, 5.41) is 0. The minimum atomic E-state index is -5.21. The van der Waals surface area contributed by atoms with Crippen molar-refractivity contribution in [2.24, 2.45) is 5.92 Å². The van der Waals surface area contributed by atoms with Gasteiger partial charge in [-0.2, -0.15) is 26.3 Å². The summed E-state index contributed by atoms with van der Waals surface area (Å²) in [5.74, 6) is -0.937. The highest BCUT2D eigenvalue weighted by molar-refractivity contribution is 5.68. The molecule has 1 aliphatic rings. The first-order chi connectivity index (χ1) is 11.1. The van der Waals surface area contributed by atoms with Crippen LogP contribution < -0.4 is 4.74 Å². The largest absolute Gasteiger partial charge is 0.493 e. The second-order valence-corrected chi connectivity index (χ2v) is 5.51. The molecule has 0 fully saturated rings. The number of rotatable bonds is 3. The van der Waals surface area contributed by atoms with Crippen molar-refractivity contribution in [3.8, 4) is 5.75 Å². The summed E-state index contributed by atoms with van der Waals surface area (Å²) >= 11 is 0. The van der Waals surface area contributed by atoms with Crippen LogP contribution in [0.1, 0.15) is 37.0 Å². The Morgan fingerprint density at radius 2 is 1.71 bits per heavy atom. The SMILES string of the molecule is CCOc1ccc(C2=CCC(C)CO2)c(C(F)(F)F)c1C(F)(F)F. The van der Waals surface area contributed by atoms with Crippen molar-refractivity contribution in [2.75, 3.05) is 13.2 Å². The molecule has 0 N–H and O–H groups in total. The van der Waals surface area contributed by atoms with Crippen molar-refractivity contribution in [2.45, 2.75) is 32.6 Å². The van der Waals surface area contributed by atoms with Gasteiger partial charge in [-0.1, -0.05) is 6.92 Å². The minimum Gasteiger partial charge on any atom is -0.493 e. The summed E-state index contributed by atoms with van der Waals surface area (Å²) in [5.41, 5.74) is -4.22. The quantitative estimate of drug-likeness (QED) is 0.666. The Hall–Kier alpha value is -1.86. The molecule has 0 amide bonds. The molecule has 134 valence electrons. The van der Waals surface area contributed by atoms with Crippen molar-refractivity contribution in [3.05, 3.63) is 34.9 Å². The van der Waals surface area contributed by atoms with Crippen molar-refractivity contribution >= 4 is 5.76 Å². The average Bonchev–Trinajstić information content (AvgIpc) is 2.46. The number of allylic oxidation sites excluding steroid dienone is 1. The van der Waals surface area contributed by atoms with E-state index in [0.29, 0.717) is 6.42 Å². The van der Waals surface area contributed by atoms with Crippen LogP contribution in [-0.2, 0) is 17.1 Å². The molecular formula is C16H16F6O2. The average molecular weight is 354 g/mol. The number of benzene rings is 1. The maximum atomic E-state index is 13.5. The Bertz CT molecular complexity index is 631. The van der Waals surface area contributed by atoms with Crippen LogP contribution in [-0.4, -0.2) is 13.2 Å². The van der Waals surface area contributed by atoms with Gasteiger partial charge in [0, 0.05) is 5.56 Å². The molecule has 0 bridgehead atoms. The van der Waals surface area contributed by atoms with E-state index < -0.39 is 34.8 Å². The Morgan fingerprint density at radius 3 is 2.17 bits per heavy atom. The van der Waals surface area contributed by atoms with E-state index in [1.807, 2.05) is 6.92 Å². The van der Waals surface area contributed by atoms with Gasteiger partial charge in [0.05, 0.1) is 18.8 Å². The lowest BCUT2D eigenvalue weighted by atomic mass is 9.95. The highest BCUT2D eigenvalue weighted by Crippen LogP contribution is 2.48. The Balaban J connectivity index is 2.73. The fourth-order valence-electron chi connectivity index (χ4n) is 2.50. The van der Waals surface area contributed by atoms with E-state index in [0.717, 1.165) is 12.1 Å². The van der Waals surface area contributed by atoms with Crippen molar-refractivity contribution in [1.82, 2.24) is 0 Å². The van der Waals surface area contributed by atoms with E-state index in [1.165, 1.54) is 13.0 Å². The second kappa shape index (κ2) is 6.57. The maximum absolute atomic E-state index is 13.5. The molecule has 1 unspecified atom stereocenters. The molecule has 1 aliphatic heterocycles. The van der Waals surface area contributed by atoms with Crippen LogP contribution in [0.2, 0.25) is 0 Å². The molecule has 2 nitrogen and oxygen atoms in total. The van der Waals surface area contributed by atoms with Gasteiger partial charge in [-0.3, -0.25) is 0 Å². The van der Waals surface area contributed by atoms with Crippen LogP contribution in [0.25, 0.3) is 5.76 Å². The molecule has 0 aliphatic carbocycles. The molecule has 0 aromatic heterocycles. The van der Waals surface area contributed by atoms with Crippen molar-refractivity contribution in [3.63, 3.8) is 0 Å². The summed E-state index contributed by atoms with van der Waals surface area (Å²) in [6.07, 6.45) is -8.60.